The molecule has 2 saturated heterocycles. The molecule has 7 rings (SSSR count). The van der Waals surface area contributed by atoms with Crippen LogP contribution in [-0.4, -0.2) is 66.6 Å². The predicted molar refractivity (Wildman–Crippen MR) is 188 cm³/mol. The maximum Gasteiger partial charge on any atom is 0.348 e. The Bertz CT molecular complexity index is 1860. The molecule has 0 saturated carbocycles. The number of benzene rings is 2. The highest BCUT2D eigenvalue weighted by Crippen LogP contribution is 2.43. The maximum absolute atomic E-state index is 13.6. The highest BCUT2D eigenvalue weighted by molar-refractivity contribution is 7.16. The number of para-hydroxylation sites is 2. The maximum atomic E-state index is 13.6. The van der Waals surface area contributed by atoms with Crippen LogP contribution in [0.15, 0.2) is 77.9 Å². The Morgan fingerprint density at radius 2 is 1.85 bits per heavy atom. The minimum atomic E-state index is -1.00. The molecule has 0 bridgehead atoms. The number of amides is 1. The molecule has 2 fully saturated rings. The van der Waals surface area contributed by atoms with E-state index in [1.165, 1.54) is 11.3 Å². The summed E-state index contributed by atoms with van der Waals surface area (Å²) in [6.45, 7) is 9.35. The molecule has 48 heavy (non-hydrogen) atoms. The summed E-state index contributed by atoms with van der Waals surface area (Å²) in [5.41, 5.74) is 5.28. The minimum Gasteiger partial charge on any atom is -0.462 e. The number of ether oxygens (including phenoxy) is 2. The van der Waals surface area contributed by atoms with Crippen molar-refractivity contribution in [1.82, 2.24) is 4.98 Å². The molecule has 2 atom stereocenters. The number of aliphatic imine (C=N–C) groups is 1. The summed E-state index contributed by atoms with van der Waals surface area (Å²) in [5.74, 6) is 0.124. The molecule has 1 amide bonds. The molecular weight excluding hydrogens is 627 g/mol. The number of nitrogens with zero attached hydrogens (tertiary/aromatic N) is 4. The summed E-state index contributed by atoms with van der Waals surface area (Å²) >= 11 is 1.33. The Morgan fingerprint density at radius 3 is 2.60 bits per heavy atom. The SMILES string of the molecule is CCOC(=O)c1ccc(C2=Nc3ccccc3N(C(O)c3ccc(NC(=O)c4cc(C)cnc4N4CC5(CCOCC5)C4)cc3)[C@@H]2C)s1. The van der Waals surface area contributed by atoms with Crippen LogP contribution in [0.4, 0.5) is 22.9 Å². The van der Waals surface area contributed by atoms with Gasteiger partial charge >= 0.3 is 5.97 Å². The highest BCUT2D eigenvalue weighted by atomic mass is 32.1. The number of anilines is 3. The van der Waals surface area contributed by atoms with Crippen molar-refractivity contribution >= 4 is 51.8 Å². The lowest BCUT2D eigenvalue weighted by Gasteiger charge is -2.53. The summed E-state index contributed by atoms with van der Waals surface area (Å²) < 4.78 is 10.8. The fraction of sp³-hybridized carbons (Fsp3) is 0.351. The lowest BCUT2D eigenvalue weighted by molar-refractivity contribution is -0.000511. The van der Waals surface area contributed by atoms with Gasteiger partial charge in [0.15, 0.2) is 6.23 Å². The zero-order chi connectivity index (χ0) is 33.4. The molecule has 248 valence electrons. The van der Waals surface area contributed by atoms with E-state index in [9.17, 15) is 14.7 Å². The van der Waals surface area contributed by atoms with Gasteiger partial charge in [0.1, 0.15) is 10.7 Å². The van der Waals surface area contributed by atoms with Gasteiger partial charge in [0.2, 0.25) is 0 Å². The predicted octanol–water partition coefficient (Wildman–Crippen LogP) is 6.52. The van der Waals surface area contributed by atoms with Gasteiger partial charge in [-0.3, -0.25) is 4.79 Å². The van der Waals surface area contributed by atoms with E-state index in [2.05, 4.69) is 15.2 Å². The van der Waals surface area contributed by atoms with Crippen LogP contribution >= 0.6 is 11.3 Å². The average molecular weight is 666 g/mol. The van der Waals surface area contributed by atoms with E-state index in [1.54, 1.807) is 25.1 Å². The minimum absolute atomic E-state index is 0.222. The van der Waals surface area contributed by atoms with Crippen LogP contribution in [-0.2, 0) is 9.47 Å². The monoisotopic (exact) mass is 665 g/mol. The van der Waals surface area contributed by atoms with Crippen molar-refractivity contribution in [1.29, 1.82) is 0 Å². The van der Waals surface area contributed by atoms with E-state index in [0.717, 1.165) is 66.7 Å². The van der Waals surface area contributed by atoms with E-state index in [0.29, 0.717) is 34.1 Å². The number of thiophene rings is 1. The van der Waals surface area contributed by atoms with Crippen molar-refractivity contribution in [3.63, 3.8) is 0 Å². The summed E-state index contributed by atoms with van der Waals surface area (Å²) in [6, 6.07) is 20.2. The van der Waals surface area contributed by atoms with Crippen molar-refractivity contribution < 1.29 is 24.2 Å². The third kappa shape index (κ3) is 6.09. The van der Waals surface area contributed by atoms with Crippen LogP contribution in [0.5, 0.6) is 0 Å². The molecule has 2 aromatic heterocycles. The number of nitrogens with one attached hydrogen (secondary N) is 1. The molecule has 2 aromatic carbocycles. The highest BCUT2D eigenvalue weighted by Gasteiger charge is 2.45. The van der Waals surface area contributed by atoms with E-state index in [1.807, 2.05) is 73.5 Å². The van der Waals surface area contributed by atoms with Gasteiger partial charge in [-0.1, -0.05) is 24.3 Å². The van der Waals surface area contributed by atoms with Gasteiger partial charge < -0.3 is 29.7 Å². The number of aromatic nitrogens is 1. The van der Waals surface area contributed by atoms with Crippen LogP contribution < -0.4 is 15.1 Å². The number of fused-ring (bicyclic) bond motifs is 1. The number of esters is 1. The first kappa shape index (κ1) is 32.0. The zero-order valence-electron chi connectivity index (χ0n) is 27.3. The lowest BCUT2D eigenvalue weighted by atomic mass is 9.73. The third-order valence-electron chi connectivity index (χ3n) is 9.43. The number of carbonyl (C=O) groups excluding carboxylic acids is 2. The molecule has 10 nitrogen and oxygen atoms in total. The number of carbonyl (C=O) groups is 2. The second-order valence-electron chi connectivity index (χ2n) is 12.8. The van der Waals surface area contributed by atoms with Crippen molar-refractivity contribution in [3.05, 3.63) is 99.4 Å². The summed E-state index contributed by atoms with van der Waals surface area (Å²) in [4.78, 5) is 41.0. The summed E-state index contributed by atoms with van der Waals surface area (Å²) in [5, 5.41) is 14.8. The van der Waals surface area contributed by atoms with Gasteiger partial charge in [-0.2, -0.15) is 0 Å². The van der Waals surface area contributed by atoms with Crippen molar-refractivity contribution in [2.45, 2.75) is 45.9 Å². The van der Waals surface area contributed by atoms with Gasteiger partial charge in [-0.05, 0) is 81.6 Å². The molecule has 1 spiro atoms. The normalized spacial score (nSPS) is 18.8. The Balaban J connectivity index is 1.08. The van der Waals surface area contributed by atoms with Crippen LogP contribution in [0.2, 0.25) is 0 Å². The smallest absolute Gasteiger partial charge is 0.348 e. The molecule has 3 aliphatic rings. The van der Waals surface area contributed by atoms with Crippen LogP contribution in [0.25, 0.3) is 0 Å². The number of aliphatic hydroxyl groups is 1. The number of hydrogen-bond acceptors (Lipinski definition) is 10. The Hall–Kier alpha value is -4.58. The number of rotatable bonds is 8. The summed E-state index contributed by atoms with van der Waals surface area (Å²) in [6.07, 6.45) is 2.88. The van der Waals surface area contributed by atoms with E-state index < -0.39 is 6.23 Å². The topological polar surface area (TPSA) is 117 Å². The largest absolute Gasteiger partial charge is 0.462 e. The van der Waals surface area contributed by atoms with E-state index in [-0.39, 0.29) is 23.3 Å². The first-order chi connectivity index (χ1) is 23.2. The van der Waals surface area contributed by atoms with Crippen molar-refractivity contribution in [3.8, 4) is 0 Å². The fourth-order valence-electron chi connectivity index (χ4n) is 6.85. The standard InChI is InChI=1S/C37H39N5O5S/c1-4-47-36(45)31-14-13-30(48-31)32-24(3)42(29-8-6-5-7-28(29)40-32)35(44)25-9-11-26(12-10-25)39-34(43)27-19-23(2)20-38-33(27)41-21-37(22-41)15-17-46-18-16-37/h5-14,19-20,24,35,44H,4,15-18,21-22H2,1-3H3,(H,39,43)/t24-,35?/m1/s1. The number of aliphatic hydroxyl groups excluding tert-OH is 1. The Labute approximate surface area is 284 Å². The Morgan fingerprint density at radius 1 is 1.10 bits per heavy atom. The second kappa shape index (κ2) is 13.1. The fourth-order valence-corrected chi connectivity index (χ4v) is 7.82. The van der Waals surface area contributed by atoms with Gasteiger partial charge in [-0.25, -0.2) is 14.8 Å². The zero-order valence-corrected chi connectivity index (χ0v) is 28.1. The molecule has 4 aromatic rings. The molecule has 11 heteroatoms. The van der Waals surface area contributed by atoms with Crippen LogP contribution in [0.1, 0.15) is 69.0 Å². The van der Waals surface area contributed by atoms with Gasteiger partial charge in [0.05, 0.1) is 40.2 Å². The lowest BCUT2D eigenvalue weighted by Crippen LogP contribution is -2.59. The molecule has 1 unspecified atom stereocenters. The molecule has 5 heterocycles. The van der Waals surface area contributed by atoms with Crippen LogP contribution in [0.3, 0.4) is 0 Å². The Kier molecular flexibility index (Phi) is 8.76. The molecular formula is C37H39N5O5S. The van der Waals surface area contributed by atoms with Gasteiger partial charge in [0, 0.05) is 49.2 Å². The number of aryl methyl sites for hydroxylation is 1. The third-order valence-corrected chi connectivity index (χ3v) is 10.5. The quantitative estimate of drug-likeness (QED) is 0.205. The summed E-state index contributed by atoms with van der Waals surface area (Å²) in [7, 11) is 0. The van der Waals surface area contributed by atoms with Crippen LogP contribution in [0, 0.1) is 12.3 Å². The first-order valence-corrected chi connectivity index (χ1v) is 17.2. The van der Waals surface area contributed by atoms with Gasteiger partial charge in [-0.15, -0.1) is 11.3 Å². The van der Waals surface area contributed by atoms with Crippen molar-refractivity contribution in [2.75, 3.05) is 48.0 Å². The van der Waals surface area contributed by atoms with Gasteiger partial charge in [0.25, 0.3) is 5.91 Å². The average Bonchev–Trinajstić information content (AvgIpc) is 3.58. The molecule has 0 aliphatic carbocycles. The van der Waals surface area contributed by atoms with E-state index >= 15 is 0 Å². The molecule has 2 N–H and O–H groups in total. The first-order valence-electron chi connectivity index (χ1n) is 16.4. The number of pyridine rings is 1. The second-order valence-corrected chi connectivity index (χ2v) is 13.8. The number of hydrogen-bond donors (Lipinski definition) is 2. The molecule has 0 radical (unpaired) electrons. The van der Waals surface area contributed by atoms with E-state index in [4.69, 9.17) is 14.5 Å². The molecule has 3 aliphatic heterocycles. The van der Waals surface area contributed by atoms with Crippen molar-refractivity contribution in [2.24, 2.45) is 10.4 Å².